The molecule has 2 atom stereocenters. The van der Waals surface area contributed by atoms with Crippen LogP contribution in [0.15, 0.2) is 24.3 Å². The monoisotopic (exact) mass is 345 g/mol. The summed E-state index contributed by atoms with van der Waals surface area (Å²) in [7, 11) is 0. The van der Waals surface area contributed by atoms with Crippen molar-refractivity contribution in [2.24, 2.45) is 0 Å². The molecule has 4 amide bonds. The molecule has 9 nitrogen and oxygen atoms in total. The Morgan fingerprint density at radius 2 is 1.72 bits per heavy atom. The topological polar surface area (TPSA) is 124 Å². The van der Waals surface area contributed by atoms with Crippen LogP contribution in [0.1, 0.15) is 40.5 Å². The van der Waals surface area contributed by atoms with Crippen molar-refractivity contribution in [2.75, 3.05) is 0 Å². The highest BCUT2D eigenvalue weighted by Gasteiger charge is 2.46. The highest BCUT2D eigenvalue weighted by molar-refractivity contribution is 6.23. The molecule has 2 N–H and O–H groups in total. The minimum Gasteiger partial charge on any atom is -0.480 e. The Hall–Kier alpha value is -3.23. The molecule has 2 aliphatic rings. The first-order chi connectivity index (χ1) is 11.8. The number of amides is 4. The second-order valence-electron chi connectivity index (χ2n) is 5.84. The van der Waals surface area contributed by atoms with Crippen LogP contribution in [0.3, 0.4) is 0 Å². The van der Waals surface area contributed by atoms with E-state index in [-0.39, 0.29) is 24.0 Å². The molecule has 1 saturated heterocycles. The summed E-state index contributed by atoms with van der Waals surface area (Å²) in [5.74, 6) is -3.94. The van der Waals surface area contributed by atoms with Crippen LogP contribution in [0, 0.1) is 0 Å². The van der Waals surface area contributed by atoms with Gasteiger partial charge >= 0.3 is 5.97 Å². The van der Waals surface area contributed by atoms with Crippen LogP contribution in [-0.4, -0.2) is 56.7 Å². The lowest BCUT2D eigenvalue weighted by Gasteiger charge is -2.30. The third kappa shape index (κ3) is 2.63. The van der Waals surface area contributed by atoms with Crippen molar-refractivity contribution in [3.8, 4) is 0 Å². The molecule has 0 spiro atoms. The maximum Gasteiger partial charge on any atom is 0.328 e. The highest BCUT2D eigenvalue weighted by atomic mass is 16.4. The minimum absolute atomic E-state index is 0.0705. The van der Waals surface area contributed by atoms with Crippen LogP contribution in [-0.2, 0) is 14.4 Å². The average molecular weight is 345 g/mol. The van der Waals surface area contributed by atoms with Gasteiger partial charge in [0.1, 0.15) is 12.1 Å². The summed E-state index contributed by atoms with van der Waals surface area (Å²) in [6, 6.07) is 3.59. The van der Waals surface area contributed by atoms with Gasteiger partial charge in [-0.25, -0.2) is 9.80 Å². The smallest absolute Gasteiger partial charge is 0.328 e. The van der Waals surface area contributed by atoms with Gasteiger partial charge in [0.25, 0.3) is 17.7 Å². The van der Waals surface area contributed by atoms with E-state index < -0.39 is 41.7 Å². The molecule has 1 aromatic carbocycles. The summed E-state index contributed by atoms with van der Waals surface area (Å²) in [5.41, 5.74) is 2.59. The van der Waals surface area contributed by atoms with Crippen molar-refractivity contribution < 1.29 is 29.1 Å². The van der Waals surface area contributed by atoms with Gasteiger partial charge in [-0.2, -0.15) is 0 Å². The van der Waals surface area contributed by atoms with Crippen molar-refractivity contribution >= 4 is 29.6 Å². The molecule has 0 bridgehead atoms. The number of nitrogens with zero attached hydrogens (tertiary/aromatic N) is 2. The molecule has 0 aromatic heterocycles. The molecular weight excluding hydrogens is 330 g/mol. The number of carboxylic acids is 1. The van der Waals surface area contributed by atoms with Crippen LogP contribution in [0.25, 0.3) is 0 Å². The number of hydrogen-bond acceptors (Lipinski definition) is 5. The summed E-state index contributed by atoms with van der Waals surface area (Å²) in [6.07, 6.45) is -0.189. The largest absolute Gasteiger partial charge is 0.480 e. The maximum absolute atomic E-state index is 12.8. The van der Waals surface area contributed by atoms with Crippen LogP contribution in [0.5, 0.6) is 0 Å². The fraction of sp³-hybridized carbons (Fsp3) is 0.312. The summed E-state index contributed by atoms with van der Waals surface area (Å²) in [4.78, 5) is 61.7. The maximum atomic E-state index is 12.8. The molecule has 0 aliphatic carbocycles. The van der Waals surface area contributed by atoms with Gasteiger partial charge in [-0.05, 0) is 25.5 Å². The number of imide groups is 1. The molecule has 1 aromatic rings. The third-order valence-electron chi connectivity index (χ3n) is 4.29. The summed E-state index contributed by atoms with van der Waals surface area (Å²) < 4.78 is 0. The van der Waals surface area contributed by atoms with E-state index in [1.807, 2.05) is 0 Å². The second-order valence-corrected chi connectivity index (χ2v) is 5.84. The zero-order valence-electron chi connectivity index (χ0n) is 13.3. The Morgan fingerprint density at radius 3 is 2.24 bits per heavy atom. The molecular formula is C16H15N3O6. The minimum atomic E-state index is -1.34. The van der Waals surface area contributed by atoms with Crippen LogP contribution in [0.4, 0.5) is 0 Å². The highest BCUT2D eigenvalue weighted by Crippen LogP contribution is 2.27. The lowest BCUT2D eigenvalue weighted by atomic mass is 10.1. The molecule has 25 heavy (non-hydrogen) atoms. The first kappa shape index (κ1) is 16.6. The average Bonchev–Trinajstić information content (AvgIpc) is 2.74. The van der Waals surface area contributed by atoms with Gasteiger partial charge in [0, 0.05) is 6.42 Å². The Kier molecular flexibility index (Phi) is 3.99. The van der Waals surface area contributed by atoms with Crippen molar-refractivity contribution in [3.63, 3.8) is 0 Å². The number of hydrogen-bond donors (Lipinski definition) is 2. The van der Waals surface area contributed by atoms with Gasteiger partial charge in [0.05, 0.1) is 11.1 Å². The quantitative estimate of drug-likeness (QED) is 0.730. The molecule has 2 unspecified atom stereocenters. The van der Waals surface area contributed by atoms with Crippen molar-refractivity contribution in [1.29, 1.82) is 0 Å². The van der Waals surface area contributed by atoms with Crippen LogP contribution < -0.4 is 5.43 Å². The van der Waals surface area contributed by atoms with Gasteiger partial charge in [0.2, 0.25) is 5.91 Å². The zero-order chi connectivity index (χ0) is 18.3. The molecule has 9 heteroatoms. The summed E-state index contributed by atoms with van der Waals surface area (Å²) >= 11 is 0. The third-order valence-corrected chi connectivity index (χ3v) is 4.29. The van der Waals surface area contributed by atoms with E-state index in [4.69, 9.17) is 5.11 Å². The number of carbonyl (C=O) groups excluding carboxylic acids is 4. The van der Waals surface area contributed by atoms with E-state index >= 15 is 0 Å². The number of aliphatic carboxylic acids is 1. The Labute approximate surface area is 142 Å². The predicted octanol–water partition coefficient (Wildman–Crippen LogP) is -0.222. The molecule has 3 rings (SSSR count). The lowest BCUT2D eigenvalue weighted by Crippen LogP contribution is -2.58. The molecule has 1 fully saturated rings. The molecule has 0 radical (unpaired) electrons. The number of rotatable bonds is 3. The fourth-order valence-corrected chi connectivity index (χ4v) is 2.93. The Bertz CT molecular complexity index is 770. The van der Waals surface area contributed by atoms with E-state index in [2.05, 4.69) is 5.43 Å². The van der Waals surface area contributed by atoms with Crippen molar-refractivity contribution in [2.45, 2.75) is 31.8 Å². The number of benzene rings is 1. The van der Waals surface area contributed by atoms with Gasteiger partial charge < -0.3 is 5.11 Å². The van der Waals surface area contributed by atoms with E-state index in [9.17, 15) is 24.0 Å². The summed E-state index contributed by atoms with van der Waals surface area (Å²) in [5, 5.41) is 9.81. The SMILES string of the molecule is CC(C(=O)O)N1NC(=O)CCC(N2C(=O)c3ccccc3C2=O)C1=O. The Morgan fingerprint density at radius 1 is 1.16 bits per heavy atom. The van der Waals surface area contributed by atoms with E-state index in [0.29, 0.717) is 5.01 Å². The van der Waals surface area contributed by atoms with Gasteiger partial charge in [-0.15, -0.1) is 0 Å². The first-order valence-corrected chi connectivity index (χ1v) is 7.65. The van der Waals surface area contributed by atoms with Crippen molar-refractivity contribution in [3.05, 3.63) is 35.4 Å². The normalized spacial score (nSPS) is 21.7. The number of hydrazine groups is 1. The number of carbonyl (C=O) groups is 5. The van der Waals surface area contributed by atoms with Gasteiger partial charge in [-0.1, -0.05) is 12.1 Å². The number of carboxylic acid groups (broad SMARTS) is 1. The standard InChI is InChI=1S/C16H15N3O6/c1-8(16(24)25)19-15(23)11(6-7-12(20)17-19)18-13(21)9-4-2-3-5-10(9)14(18)22/h2-5,8,11H,6-7H2,1H3,(H,17,20)(H,24,25). The van der Waals surface area contributed by atoms with Crippen molar-refractivity contribution in [1.82, 2.24) is 15.3 Å². The lowest BCUT2D eigenvalue weighted by molar-refractivity contribution is -0.155. The van der Waals surface area contributed by atoms with Gasteiger partial charge in [-0.3, -0.25) is 29.5 Å². The van der Waals surface area contributed by atoms with E-state index in [0.717, 1.165) is 4.90 Å². The molecule has 2 heterocycles. The molecule has 2 aliphatic heterocycles. The van der Waals surface area contributed by atoms with E-state index in [1.165, 1.54) is 19.1 Å². The number of nitrogens with one attached hydrogen (secondary N) is 1. The predicted molar refractivity (Wildman–Crippen MR) is 82.1 cm³/mol. The molecule has 0 saturated carbocycles. The van der Waals surface area contributed by atoms with Crippen LogP contribution in [0.2, 0.25) is 0 Å². The zero-order valence-corrected chi connectivity index (χ0v) is 13.3. The first-order valence-electron chi connectivity index (χ1n) is 7.65. The Balaban J connectivity index is 1.97. The second kappa shape index (κ2) is 6.00. The molecule has 130 valence electrons. The summed E-state index contributed by atoms with van der Waals surface area (Å²) in [6.45, 7) is 1.23. The number of fused-ring (bicyclic) bond motifs is 1. The van der Waals surface area contributed by atoms with E-state index in [1.54, 1.807) is 12.1 Å². The van der Waals surface area contributed by atoms with Gasteiger partial charge in [0.15, 0.2) is 0 Å². The fourth-order valence-electron chi connectivity index (χ4n) is 2.93. The van der Waals surface area contributed by atoms with Crippen LogP contribution >= 0.6 is 0 Å².